The Balaban J connectivity index is 2.13. The monoisotopic (exact) mass is 369 g/mol. The molecule has 0 fully saturated rings. The molecule has 4 heteroatoms. The largest absolute Gasteiger partial charge is 0.506 e. The molecule has 0 amide bonds. The molecule has 98 valence electrons. The fourth-order valence-electron chi connectivity index (χ4n) is 1.70. The number of hydrogen-bond acceptors (Lipinski definition) is 2. The number of aromatic hydroxyl groups is 1. The summed E-state index contributed by atoms with van der Waals surface area (Å²) in [5.74, 6) is -0.00679. The van der Waals surface area contributed by atoms with Crippen molar-refractivity contribution in [3.05, 3.63) is 62.5 Å². The first kappa shape index (κ1) is 14.0. The molecule has 2 rings (SSSR count). The average molecular weight is 369 g/mol. The summed E-state index contributed by atoms with van der Waals surface area (Å²) < 4.78 is 13.5. The SMILES string of the molecule is Cc1cc(I)c(O)c(C=NCc2ccc(F)cc2)c1. The van der Waals surface area contributed by atoms with Gasteiger partial charge in [0.1, 0.15) is 11.6 Å². The number of phenols is 1. The van der Waals surface area contributed by atoms with Crippen molar-refractivity contribution in [3.8, 4) is 5.75 Å². The fourth-order valence-corrected chi connectivity index (χ4v) is 2.50. The van der Waals surface area contributed by atoms with Gasteiger partial charge < -0.3 is 5.11 Å². The summed E-state index contributed by atoms with van der Waals surface area (Å²) in [5.41, 5.74) is 2.71. The van der Waals surface area contributed by atoms with Crippen LogP contribution < -0.4 is 0 Å². The van der Waals surface area contributed by atoms with Gasteiger partial charge in [-0.15, -0.1) is 0 Å². The van der Waals surface area contributed by atoms with Gasteiger partial charge in [0.15, 0.2) is 0 Å². The van der Waals surface area contributed by atoms with Gasteiger partial charge in [0.2, 0.25) is 0 Å². The summed E-state index contributed by atoms with van der Waals surface area (Å²) in [7, 11) is 0. The van der Waals surface area contributed by atoms with Crippen LogP contribution in [0.15, 0.2) is 41.4 Å². The summed E-state index contributed by atoms with van der Waals surface area (Å²) >= 11 is 2.09. The highest BCUT2D eigenvalue weighted by Gasteiger charge is 2.04. The lowest BCUT2D eigenvalue weighted by atomic mass is 10.1. The standard InChI is InChI=1S/C15H13FINO/c1-10-6-12(15(19)14(17)7-10)9-18-8-11-2-4-13(16)5-3-11/h2-7,9,19H,8H2,1H3. The Morgan fingerprint density at radius 2 is 1.95 bits per heavy atom. The summed E-state index contributed by atoms with van der Waals surface area (Å²) in [5, 5.41) is 9.91. The maximum atomic E-state index is 12.7. The van der Waals surface area contributed by atoms with Crippen molar-refractivity contribution < 1.29 is 9.50 Å². The Labute approximate surface area is 125 Å². The third-order valence-corrected chi connectivity index (χ3v) is 3.48. The summed E-state index contributed by atoms with van der Waals surface area (Å²) in [6.07, 6.45) is 1.65. The van der Waals surface area contributed by atoms with E-state index in [1.165, 1.54) is 12.1 Å². The van der Waals surface area contributed by atoms with E-state index < -0.39 is 0 Å². The van der Waals surface area contributed by atoms with Gasteiger partial charge >= 0.3 is 0 Å². The number of hydrogen-bond donors (Lipinski definition) is 1. The molecule has 0 aromatic heterocycles. The molecule has 0 radical (unpaired) electrons. The zero-order valence-electron chi connectivity index (χ0n) is 10.4. The van der Waals surface area contributed by atoms with Crippen molar-refractivity contribution in [3.63, 3.8) is 0 Å². The van der Waals surface area contributed by atoms with E-state index in [-0.39, 0.29) is 11.6 Å². The van der Waals surface area contributed by atoms with Crippen LogP contribution in [-0.2, 0) is 6.54 Å². The Bertz CT molecular complexity index is 608. The van der Waals surface area contributed by atoms with Gasteiger partial charge in [-0.1, -0.05) is 12.1 Å². The number of aryl methyl sites for hydroxylation is 1. The molecular formula is C15H13FINO. The molecule has 0 saturated carbocycles. The molecule has 0 atom stereocenters. The normalized spacial score (nSPS) is 11.1. The van der Waals surface area contributed by atoms with Crippen LogP contribution in [0.3, 0.4) is 0 Å². The third-order valence-electron chi connectivity index (χ3n) is 2.65. The number of nitrogens with zero attached hydrogens (tertiary/aromatic N) is 1. The van der Waals surface area contributed by atoms with Crippen LogP contribution in [0.25, 0.3) is 0 Å². The molecule has 0 aliphatic carbocycles. The van der Waals surface area contributed by atoms with E-state index in [4.69, 9.17) is 0 Å². The summed E-state index contributed by atoms with van der Waals surface area (Å²) in [6, 6.07) is 10.0. The summed E-state index contributed by atoms with van der Waals surface area (Å²) in [6.45, 7) is 2.43. The number of benzene rings is 2. The van der Waals surface area contributed by atoms with Crippen LogP contribution in [0.5, 0.6) is 5.75 Å². The lowest BCUT2D eigenvalue weighted by molar-refractivity contribution is 0.470. The van der Waals surface area contributed by atoms with E-state index in [2.05, 4.69) is 27.6 Å². The maximum Gasteiger partial charge on any atom is 0.137 e. The molecule has 0 aliphatic rings. The predicted octanol–water partition coefficient (Wildman–Crippen LogP) is 4.06. The molecule has 0 unspecified atom stereocenters. The molecule has 0 saturated heterocycles. The van der Waals surface area contributed by atoms with Gasteiger partial charge in [0.05, 0.1) is 10.1 Å². The smallest absolute Gasteiger partial charge is 0.137 e. The lowest BCUT2D eigenvalue weighted by Gasteiger charge is -2.03. The van der Waals surface area contributed by atoms with E-state index in [9.17, 15) is 9.50 Å². The molecule has 2 aromatic carbocycles. The second kappa shape index (κ2) is 6.14. The zero-order chi connectivity index (χ0) is 13.8. The molecule has 0 spiro atoms. The average Bonchev–Trinajstić information content (AvgIpc) is 2.37. The summed E-state index contributed by atoms with van der Waals surface area (Å²) in [4.78, 5) is 4.27. The second-order valence-corrected chi connectivity index (χ2v) is 5.44. The van der Waals surface area contributed by atoms with Gasteiger partial charge in [-0.3, -0.25) is 4.99 Å². The van der Waals surface area contributed by atoms with Crippen molar-refractivity contribution in [1.29, 1.82) is 0 Å². The Morgan fingerprint density at radius 3 is 2.63 bits per heavy atom. The van der Waals surface area contributed by atoms with Crippen LogP contribution in [0.4, 0.5) is 4.39 Å². The lowest BCUT2D eigenvalue weighted by Crippen LogP contribution is -1.89. The van der Waals surface area contributed by atoms with Crippen LogP contribution in [-0.4, -0.2) is 11.3 Å². The molecule has 0 heterocycles. The number of aliphatic imine (C=N–C) groups is 1. The van der Waals surface area contributed by atoms with Gasteiger partial charge in [0.25, 0.3) is 0 Å². The molecule has 0 aliphatic heterocycles. The Morgan fingerprint density at radius 1 is 1.26 bits per heavy atom. The van der Waals surface area contributed by atoms with Crippen molar-refractivity contribution in [2.24, 2.45) is 4.99 Å². The van der Waals surface area contributed by atoms with Crippen LogP contribution in [0.1, 0.15) is 16.7 Å². The van der Waals surface area contributed by atoms with E-state index in [1.807, 2.05) is 19.1 Å². The number of halogens is 2. The van der Waals surface area contributed by atoms with Crippen LogP contribution >= 0.6 is 22.6 Å². The van der Waals surface area contributed by atoms with Gasteiger partial charge in [-0.05, 0) is 64.9 Å². The van der Waals surface area contributed by atoms with Crippen LogP contribution in [0.2, 0.25) is 0 Å². The number of rotatable bonds is 3. The first-order chi connectivity index (χ1) is 9.06. The minimum absolute atomic E-state index is 0.244. The Hall–Kier alpha value is -1.43. The van der Waals surface area contributed by atoms with Crippen molar-refractivity contribution in [2.75, 3.05) is 0 Å². The highest BCUT2D eigenvalue weighted by Crippen LogP contribution is 2.24. The highest BCUT2D eigenvalue weighted by molar-refractivity contribution is 14.1. The quantitative estimate of drug-likeness (QED) is 0.642. The molecule has 19 heavy (non-hydrogen) atoms. The van der Waals surface area contributed by atoms with Crippen molar-refractivity contribution in [1.82, 2.24) is 0 Å². The van der Waals surface area contributed by atoms with E-state index in [1.54, 1.807) is 18.3 Å². The van der Waals surface area contributed by atoms with Gasteiger partial charge in [-0.2, -0.15) is 0 Å². The van der Waals surface area contributed by atoms with E-state index >= 15 is 0 Å². The van der Waals surface area contributed by atoms with Crippen molar-refractivity contribution in [2.45, 2.75) is 13.5 Å². The fraction of sp³-hybridized carbons (Fsp3) is 0.133. The Kier molecular flexibility index (Phi) is 4.52. The maximum absolute atomic E-state index is 12.7. The first-order valence-corrected chi connectivity index (χ1v) is 6.87. The molecule has 0 bridgehead atoms. The molecule has 2 nitrogen and oxygen atoms in total. The molecular weight excluding hydrogens is 356 g/mol. The van der Waals surface area contributed by atoms with Crippen LogP contribution in [0, 0.1) is 16.3 Å². The van der Waals surface area contributed by atoms with Crippen molar-refractivity contribution >= 4 is 28.8 Å². The first-order valence-electron chi connectivity index (χ1n) is 5.79. The van der Waals surface area contributed by atoms with E-state index in [0.29, 0.717) is 12.1 Å². The third kappa shape index (κ3) is 3.76. The minimum Gasteiger partial charge on any atom is -0.506 e. The van der Waals surface area contributed by atoms with E-state index in [0.717, 1.165) is 14.7 Å². The number of phenolic OH excluding ortho intramolecular Hbond substituents is 1. The van der Waals surface area contributed by atoms with Gasteiger partial charge in [0, 0.05) is 11.8 Å². The van der Waals surface area contributed by atoms with Gasteiger partial charge in [-0.25, -0.2) is 4.39 Å². The topological polar surface area (TPSA) is 32.6 Å². The zero-order valence-corrected chi connectivity index (χ0v) is 12.6. The predicted molar refractivity (Wildman–Crippen MR) is 83.3 cm³/mol. The highest BCUT2D eigenvalue weighted by atomic mass is 127. The second-order valence-electron chi connectivity index (χ2n) is 4.28. The molecule has 2 aromatic rings. The molecule has 1 N–H and O–H groups in total. The minimum atomic E-state index is -0.251.